The summed E-state index contributed by atoms with van der Waals surface area (Å²) in [6.45, 7) is 4.36. The molecule has 0 aliphatic heterocycles. The van der Waals surface area contributed by atoms with Gasteiger partial charge >= 0.3 is 0 Å². The fourth-order valence-corrected chi connectivity index (χ4v) is 2.69. The summed E-state index contributed by atoms with van der Waals surface area (Å²) in [5.74, 6) is 1.29. The summed E-state index contributed by atoms with van der Waals surface area (Å²) in [5.41, 5.74) is 2.12. The Bertz CT molecular complexity index is 666. The highest BCUT2D eigenvalue weighted by molar-refractivity contribution is 5.42. The SMILES string of the molecule is COc1cc(C[C@H](C)[C@@H](C)Cc2ccc(O)c(O)c2)ccc1O. The number of aromatic hydroxyl groups is 3. The first-order valence-electron chi connectivity index (χ1n) is 7.77. The van der Waals surface area contributed by atoms with Crippen molar-refractivity contribution >= 4 is 0 Å². The van der Waals surface area contributed by atoms with Crippen LogP contribution in [0.4, 0.5) is 0 Å². The third-order valence-electron chi connectivity index (χ3n) is 4.37. The Kier molecular flexibility index (Phi) is 5.37. The average Bonchev–Trinajstić information content (AvgIpc) is 2.52. The van der Waals surface area contributed by atoms with Crippen molar-refractivity contribution in [3.63, 3.8) is 0 Å². The van der Waals surface area contributed by atoms with E-state index >= 15 is 0 Å². The number of hydrogen-bond donors (Lipinski definition) is 3. The highest BCUT2D eigenvalue weighted by atomic mass is 16.5. The molecule has 0 saturated carbocycles. The Morgan fingerprint density at radius 1 is 0.783 bits per heavy atom. The van der Waals surface area contributed by atoms with Gasteiger partial charge in [0.05, 0.1) is 7.11 Å². The van der Waals surface area contributed by atoms with E-state index in [0.29, 0.717) is 17.6 Å². The van der Waals surface area contributed by atoms with Crippen molar-refractivity contribution in [3.8, 4) is 23.0 Å². The first-order chi connectivity index (χ1) is 10.9. The monoisotopic (exact) mass is 316 g/mol. The lowest BCUT2D eigenvalue weighted by Crippen LogP contribution is -2.13. The van der Waals surface area contributed by atoms with Gasteiger partial charge in [-0.15, -0.1) is 0 Å². The maximum atomic E-state index is 9.65. The van der Waals surface area contributed by atoms with E-state index in [-0.39, 0.29) is 17.2 Å². The van der Waals surface area contributed by atoms with Gasteiger partial charge in [0.15, 0.2) is 23.0 Å². The highest BCUT2D eigenvalue weighted by Crippen LogP contribution is 2.30. The van der Waals surface area contributed by atoms with E-state index in [9.17, 15) is 15.3 Å². The van der Waals surface area contributed by atoms with Gasteiger partial charge in [-0.25, -0.2) is 0 Å². The minimum Gasteiger partial charge on any atom is -0.504 e. The number of hydrogen-bond acceptors (Lipinski definition) is 4. The van der Waals surface area contributed by atoms with Crippen molar-refractivity contribution in [2.75, 3.05) is 7.11 Å². The van der Waals surface area contributed by atoms with Crippen molar-refractivity contribution in [1.82, 2.24) is 0 Å². The average molecular weight is 316 g/mol. The van der Waals surface area contributed by atoms with E-state index < -0.39 is 0 Å². The van der Waals surface area contributed by atoms with Crippen LogP contribution in [0.3, 0.4) is 0 Å². The second-order valence-electron chi connectivity index (χ2n) is 6.19. The molecule has 0 aromatic heterocycles. The largest absolute Gasteiger partial charge is 0.504 e. The number of benzene rings is 2. The lowest BCUT2D eigenvalue weighted by molar-refractivity contribution is 0.367. The fraction of sp³-hybridized carbons (Fsp3) is 0.368. The summed E-state index contributed by atoms with van der Waals surface area (Å²) in [6, 6.07) is 10.4. The van der Waals surface area contributed by atoms with Crippen LogP contribution in [0, 0.1) is 11.8 Å². The standard InChI is InChI=1S/C19H24O4/c1-12(8-14-4-6-16(20)18(22)10-14)13(2)9-15-5-7-17(21)19(11-15)23-3/h4-7,10-13,20-22H,8-9H2,1-3H3/t12-,13-/m0/s1. The van der Waals surface area contributed by atoms with Crippen molar-refractivity contribution in [1.29, 1.82) is 0 Å². The summed E-state index contributed by atoms with van der Waals surface area (Å²) < 4.78 is 5.15. The van der Waals surface area contributed by atoms with Gasteiger partial charge in [0.1, 0.15) is 0 Å². The van der Waals surface area contributed by atoms with Crippen molar-refractivity contribution in [3.05, 3.63) is 47.5 Å². The molecule has 0 heterocycles. The second-order valence-corrected chi connectivity index (χ2v) is 6.19. The minimum absolute atomic E-state index is 0.0781. The summed E-state index contributed by atoms with van der Waals surface area (Å²) in [4.78, 5) is 0. The first kappa shape index (κ1) is 17.0. The van der Waals surface area contributed by atoms with Gasteiger partial charge in [0.2, 0.25) is 0 Å². The number of rotatable bonds is 6. The predicted molar refractivity (Wildman–Crippen MR) is 90.2 cm³/mol. The van der Waals surface area contributed by atoms with Crippen LogP contribution in [0.5, 0.6) is 23.0 Å². The maximum Gasteiger partial charge on any atom is 0.160 e. The molecule has 0 radical (unpaired) electrons. The Morgan fingerprint density at radius 2 is 1.30 bits per heavy atom. The summed E-state index contributed by atoms with van der Waals surface area (Å²) in [7, 11) is 1.54. The van der Waals surface area contributed by atoms with Crippen LogP contribution in [-0.4, -0.2) is 22.4 Å². The van der Waals surface area contributed by atoms with Crippen LogP contribution < -0.4 is 4.74 Å². The normalized spacial score (nSPS) is 13.5. The van der Waals surface area contributed by atoms with Gasteiger partial charge in [-0.05, 0) is 60.1 Å². The molecule has 0 spiro atoms. The van der Waals surface area contributed by atoms with E-state index in [1.165, 1.54) is 6.07 Å². The number of phenolic OH excluding ortho intramolecular Hbond substituents is 3. The van der Waals surface area contributed by atoms with E-state index in [2.05, 4.69) is 13.8 Å². The number of methoxy groups -OCH3 is 1. The Hall–Kier alpha value is -2.36. The fourth-order valence-electron chi connectivity index (χ4n) is 2.69. The molecule has 4 nitrogen and oxygen atoms in total. The van der Waals surface area contributed by atoms with Crippen LogP contribution >= 0.6 is 0 Å². The van der Waals surface area contributed by atoms with Crippen LogP contribution in [-0.2, 0) is 12.8 Å². The highest BCUT2D eigenvalue weighted by Gasteiger charge is 2.15. The molecule has 0 amide bonds. The molecule has 0 saturated heterocycles. The Balaban J connectivity index is 2.01. The number of ether oxygens (including phenoxy) is 1. The topological polar surface area (TPSA) is 69.9 Å². The molecule has 4 heteroatoms. The molecule has 0 bridgehead atoms. The molecule has 0 fully saturated rings. The zero-order valence-electron chi connectivity index (χ0n) is 13.8. The molecular formula is C19H24O4. The summed E-state index contributed by atoms with van der Waals surface area (Å²) in [6.07, 6.45) is 1.70. The molecule has 0 aliphatic rings. The van der Waals surface area contributed by atoms with Gasteiger partial charge in [-0.3, -0.25) is 0 Å². The second kappa shape index (κ2) is 7.27. The van der Waals surface area contributed by atoms with E-state index in [1.807, 2.05) is 18.2 Å². The van der Waals surface area contributed by atoms with Gasteiger partial charge in [-0.1, -0.05) is 26.0 Å². The molecule has 2 aromatic carbocycles. The number of phenols is 3. The molecule has 124 valence electrons. The third-order valence-corrected chi connectivity index (χ3v) is 4.37. The molecule has 2 atom stereocenters. The third kappa shape index (κ3) is 4.31. The van der Waals surface area contributed by atoms with Crippen LogP contribution in [0.1, 0.15) is 25.0 Å². The molecular weight excluding hydrogens is 292 g/mol. The molecule has 0 unspecified atom stereocenters. The quantitative estimate of drug-likeness (QED) is 0.708. The zero-order chi connectivity index (χ0) is 17.0. The van der Waals surface area contributed by atoms with Crippen LogP contribution in [0.2, 0.25) is 0 Å². The van der Waals surface area contributed by atoms with E-state index in [0.717, 1.165) is 24.0 Å². The van der Waals surface area contributed by atoms with Crippen molar-refractivity contribution in [2.45, 2.75) is 26.7 Å². The lowest BCUT2D eigenvalue weighted by Gasteiger charge is -2.20. The van der Waals surface area contributed by atoms with Gasteiger partial charge in [0, 0.05) is 0 Å². The van der Waals surface area contributed by atoms with Crippen LogP contribution in [0.15, 0.2) is 36.4 Å². The van der Waals surface area contributed by atoms with Gasteiger partial charge in [-0.2, -0.15) is 0 Å². The molecule has 3 N–H and O–H groups in total. The summed E-state index contributed by atoms with van der Waals surface area (Å²) >= 11 is 0. The van der Waals surface area contributed by atoms with Crippen LogP contribution in [0.25, 0.3) is 0 Å². The Labute approximate surface area is 137 Å². The predicted octanol–water partition coefficient (Wildman–Crippen LogP) is 3.87. The van der Waals surface area contributed by atoms with Gasteiger partial charge < -0.3 is 20.1 Å². The lowest BCUT2D eigenvalue weighted by atomic mass is 9.85. The zero-order valence-corrected chi connectivity index (χ0v) is 13.8. The summed E-state index contributed by atoms with van der Waals surface area (Å²) in [5, 5.41) is 28.6. The minimum atomic E-state index is -0.0920. The smallest absolute Gasteiger partial charge is 0.160 e. The molecule has 2 rings (SSSR count). The van der Waals surface area contributed by atoms with E-state index in [4.69, 9.17) is 4.74 Å². The van der Waals surface area contributed by atoms with Gasteiger partial charge in [0.25, 0.3) is 0 Å². The first-order valence-corrected chi connectivity index (χ1v) is 7.77. The Morgan fingerprint density at radius 3 is 1.83 bits per heavy atom. The maximum absolute atomic E-state index is 9.65. The van der Waals surface area contributed by atoms with E-state index in [1.54, 1.807) is 19.2 Å². The molecule has 2 aromatic rings. The van der Waals surface area contributed by atoms with Crippen molar-refractivity contribution < 1.29 is 20.1 Å². The molecule has 0 aliphatic carbocycles. The van der Waals surface area contributed by atoms with Crippen molar-refractivity contribution in [2.24, 2.45) is 11.8 Å². The molecule has 23 heavy (non-hydrogen) atoms.